The van der Waals surface area contributed by atoms with Gasteiger partial charge in [0.1, 0.15) is 40.5 Å². The molecule has 304 valence electrons. The molecule has 0 aliphatic carbocycles. The first-order valence-electron chi connectivity index (χ1n) is 17.0. The van der Waals surface area contributed by atoms with E-state index in [1.807, 2.05) is 31.2 Å². The van der Waals surface area contributed by atoms with Crippen LogP contribution in [0.2, 0.25) is 10.0 Å². The molecule has 1 amide bonds. The standard InChI is InChI=1S/C17H16ClF2NO2.C10H14ClNO.C7H3ClF2O.C6H15N.ClH/c1-10(16(23-2)11-6-8-12(18)9-7-11)21-17(22)15-13(19)4-3-5-14(15)20;1-7(12)10(13-2)8-3-5-9(11)6-4-8;8-7(11)6-4(9)2-1-3-5(6)10;1-4-7(5-2)6-3;/h3-10,16H,1-2H3,(H,21,22);3-7,10H,12H2,1-2H3;1-3H;4-6H2,1-3H3;1H. The zero-order valence-corrected chi connectivity index (χ0v) is 34.8. The van der Waals surface area contributed by atoms with E-state index in [1.54, 1.807) is 38.3 Å². The van der Waals surface area contributed by atoms with Crippen molar-refractivity contribution in [2.75, 3.05) is 33.9 Å². The molecule has 15 heteroatoms. The summed E-state index contributed by atoms with van der Waals surface area (Å²) in [5, 5.41) is 2.74. The van der Waals surface area contributed by atoms with Gasteiger partial charge in [0.15, 0.2) is 0 Å². The number of hydrogen-bond acceptors (Lipinski definition) is 6. The molecule has 4 unspecified atom stereocenters. The molecule has 0 saturated carbocycles. The van der Waals surface area contributed by atoms with Crippen LogP contribution in [0.5, 0.6) is 0 Å². The number of benzene rings is 4. The summed E-state index contributed by atoms with van der Waals surface area (Å²) in [6.07, 6.45) is -0.539. The Morgan fingerprint density at radius 1 is 0.673 bits per heavy atom. The van der Waals surface area contributed by atoms with Gasteiger partial charge in [-0.25, -0.2) is 17.6 Å². The third-order valence-electron chi connectivity index (χ3n) is 7.89. The Morgan fingerprint density at radius 2 is 1.02 bits per heavy atom. The number of methoxy groups -OCH3 is 2. The predicted octanol–water partition coefficient (Wildman–Crippen LogP) is 10.6. The van der Waals surface area contributed by atoms with Crippen molar-refractivity contribution in [3.8, 4) is 0 Å². The first-order chi connectivity index (χ1) is 25.6. The Hall–Kier alpha value is -3.26. The van der Waals surface area contributed by atoms with E-state index in [4.69, 9.17) is 50.0 Å². The van der Waals surface area contributed by atoms with Gasteiger partial charge in [-0.15, -0.1) is 12.4 Å². The van der Waals surface area contributed by atoms with Gasteiger partial charge < -0.3 is 25.4 Å². The molecule has 4 atom stereocenters. The molecule has 7 nitrogen and oxygen atoms in total. The first kappa shape index (κ1) is 51.7. The van der Waals surface area contributed by atoms with Crippen LogP contribution in [-0.4, -0.2) is 62.0 Å². The normalized spacial score (nSPS) is 12.5. The third-order valence-corrected chi connectivity index (χ3v) is 8.58. The molecule has 0 fully saturated rings. The Kier molecular flexibility index (Phi) is 25.7. The highest BCUT2D eigenvalue weighted by Gasteiger charge is 2.24. The summed E-state index contributed by atoms with van der Waals surface area (Å²) >= 11 is 16.5. The van der Waals surface area contributed by atoms with Gasteiger partial charge in [0.2, 0.25) is 0 Å². The molecule has 0 saturated heterocycles. The zero-order valence-electron chi connectivity index (χ0n) is 31.7. The van der Waals surface area contributed by atoms with E-state index in [9.17, 15) is 27.2 Å². The molecule has 0 heterocycles. The number of halogens is 8. The molecule has 4 aromatic carbocycles. The van der Waals surface area contributed by atoms with Crippen molar-refractivity contribution >= 4 is 58.4 Å². The van der Waals surface area contributed by atoms with Crippen molar-refractivity contribution in [3.63, 3.8) is 0 Å². The van der Waals surface area contributed by atoms with E-state index in [0.717, 1.165) is 46.5 Å². The fourth-order valence-electron chi connectivity index (χ4n) is 5.01. The van der Waals surface area contributed by atoms with Gasteiger partial charge in [-0.3, -0.25) is 9.59 Å². The van der Waals surface area contributed by atoms with Crippen LogP contribution in [0.25, 0.3) is 0 Å². The summed E-state index contributed by atoms with van der Waals surface area (Å²) in [5.74, 6) is -4.52. The molecule has 0 bridgehead atoms. The molecule has 3 N–H and O–H groups in total. The highest BCUT2D eigenvalue weighted by Crippen LogP contribution is 2.24. The van der Waals surface area contributed by atoms with E-state index in [-0.39, 0.29) is 24.6 Å². The summed E-state index contributed by atoms with van der Waals surface area (Å²) < 4.78 is 63.1. The summed E-state index contributed by atoms with van der Waals surface area (Å²) in [5.41, 5.74) is 6.30. The molecule has 0 radical (unpaired) electrons. The fraction of sp³-hybridized carbons (Fsp3) is 0.350. The summed E-state index contributed by atoms with van der Waals surface area (Å²) in [6, 6.07) is 20.3. The largest absolute Gasteiger partial charge is 0.375 e. The van der Waals surface area contributed by atoms with Crippen molar-refractivity contribution in [3.05, 3.63) is 140 Å². The van der Waals surface area contributed by atoms with E-state index in [1.165, 1.54) is 32.8 Å². The minimum Gasteiger partial charge on any atom is -0.375 e. The molecule has 55 heavy (non-hydrogen) atoms. The number of nitrogens with two attached hydrogens (primary N) is 1. The number of amides is 1. The van der Waals surface area contributed by atoms with Crippen molar-refractivity contribution in [1.29, 1.82) is 0 Å². The van der Waals surface area contributed by atoms with E-state index < -0.39 is 57.7 Å². The first-order valence-corrected chi connectivity index (χ1v) is 18.1. The zero-order chi connectivity index (χ0) is 41.0. The summed E-state index contributed by atoms with van der Waals surface area (Å²) in [7, 11) is 3.15. The maximum absolute atomic E-state index is 13.7. The second-order valence-corrected chi connectivity index (χ2v) is 12.8. The quantitative estimate of drug-likeness (QED) is 0.109. The van der Waals surface area contributed by atoms with Crippen molar-refractivity contribution in [2.24, 2.45) is 5.73 Å². The molecular weight excluding hydrogens is 804 g/mol. The van der Waals surface area contributed by atoms with Crippen LogP contribution in [0.4, 0.5) is 17.6 Å². The third kappa shape index (κ3) is 17.6. The topological polar surface area (TPSA) is 93.9 Å². The van der Waals surface area contributed by atoms with Crippen LogP contribution in [0.3, 0.4) is 0 Å². The summed E-state index contributed by atoms with van der Waals surface area (Å²) in [4.78, 5) is 24.9. The van der Waals surface area contributed by atoms with Crippen LogP contribution >= 0.6 is 47.2 Å². The number of nitrogens with zero attached hydrogens (tertiary/aromatic N) is 1. The second-order valence-electron chi connectivity index (χ2n) is 11.6. The Morgan fingerprint density at radius 3 is 1.29 bits per heavy atom. The lowest BCUT2D eigenvalue weighted by atomic mass is 10.0. The Labute approximate surface area is 342 Å². The highest BCUT2D eigenvalue weighted by atomic mass is 35.5. The van der Waals surface area contributed by atoms with Gasteiger partial charge >= 0.3 is 0 Å². The maximum Gasteiger partial charge on any atom is 0.258 e. The molecule has 0 spiro atoms. The van der Waals surface area contributed by atoms with E-state index >= 15 is 0 Å². The van der Waals surface area contributed by atoms with Crippen LogP contribution in [0, 0.1) is 23.3 Å². The average molecular weight is 854 g/mol. The molecule has 4 aromatic rings. The lowest BCUT2D eigenvalue weighted by molar-refractivity contribution is 0.0641. The lowest BCUT2D eigenvalue weighted by Gasteiger charge is -2.24. The van der Waals surface area contributed by atoms with Gasteiger partial charge in [0.25, 0.3) is 11.1 Å². The van der Waals surface area contributed by atoms with Crippen LogP contribution < -0.4 is 11.1 Å². The number of hydrogen-bond donors (Lipinski definition) is 2. The Balaban J connectivity index is 0.000000775. The Bertz CT molecular complexity index is 1670. The fourth-order valence-corrected chi connectivity index (χ4v) is 5.45. The SMILES string of the molecule is CCN(CC)CC.COC(c1ccc(Cl)cc1)C(C)N.COC(c1ccc(Cl)cc1)C(C)NC(=O)c1c(F)cccc1F.Cl.O=C(Cl)c1c(F)cccc1F. The molecule has 0 aliphatic heterocycles. The van der Waals surface area contributed by atoms with Gasteiger partial charge in [-0.05, 0) is 105 Å². The predicted molar refractivity (Wildman–Crippen MR) is 217 cm³/mol. The number of ether oxygens (including phenoxy) is 2. The minimum absolute atomic E-state index is 0. The van der Waals surface area contributed by atoms with Gasteiger partial charge in [0.05, 0.1) is 12.1 Å². The minimum atomic E-state index is -1.12. The number of carbonyl (C=O) groups excluding carboxylic acids is 2. The second kappa shape index (κ2) is 27.4. The smallest absolute Gasteiger partial charge is 0.258 e. The van der Waals surface area contributed by atoms with E-state index in [2.05, 4.69) is 31.0 Å². The molecule has 0 aliphatic rings. The lowest BCUT2D eigenvalue weighted by Crippen LogP contribution is -2.38. The van der Waals surface area contributed by atoms with Crippen LogP contribution in [0.1, 0.15) is 78.7 Å². The van der Waals surface area contributed by atoms with E-state index in [0.29, 0.717) is 5.02 Å². The van der Waals surface area contributed by atoms with Crippen molar-refractivity contribution in [1.82, 2.24) is 10.2 Å². The number of nitrogens with one attached hydrogen (secondary N) is 1. The summed E-state index contributed by atoms with van der Waals surface area (Å²) in [6.45, 7) is 13.7. The monoisotopic (exact) mass is 851 g/mol. The van der Waals surface area contributed by atoms with Gasteiger partial charge in [-0.1, -0.05) is 80.4 Å². The van der Waals surface area contributed by atoms with Crippen molar-refractivity contribution < 1.29 is 36.6 Å². The van der Waals surface area contributed by atoms with Gasteiger partial charge in [0, 0.05) is 30.3 Å². The van der Waals surface area contributed by atoms with Gasteiger partial charge in [-0.2, -0.15) is 0 Å². The van der Waals surface area contributed by atoms with Crippen LogP contribution in [0.15, 0.2) is 84.9 Å². The molecular formula is C40H49Cl4F4N3O4. The highest BCUT2D eigenvalue weighted by molar-refractivity contribution is 6.67. The van der Waals surface area contributed by atoms with Crippen LogP contribution in [-0.2, 0) is 9.47 Å². The molecule has 4 rings (SSSR count). The number of rotatable bonds is 12. The maximum atomic E-state index is 13.7. The van der Waals surface area contributed by atoms with Crippen molar-refractivity contribution in [2.45, 2.75) is 58.9 Å². The molecule has 0 aromatic heterocycles. The number of carbonyl (C=O) groups is 2. The average Bonchev–Trinajstić information content (AvgIpc) is 3.12.